The zero-order valence-corrected chi connectivity index (χ0v) is 11.3. The molecule has 1 N–H and O–H groups in total. The fourth-order valence-electron chi connectivity index (χ4n) is 1.67. The number of rotatable bonds is 5. The van der Waals surface area contributed by atoms with Gasteiger partial charge in [-0.2, -0.15) is 0 Å². The molecule has 0 saturated heterocycles. The third kappa shape index (κ3) is 3.09. The normalized spacial score (nSPS) is 10.3. The predicted molar refractivity (Wildman–Crippen MR) is 69.3 cm³/mol. The average Bonchev–Trinajstić information content (AvgIpc) is 3.05. The lowest BCUT2D eigenvalue weighted by atomic mass is 10.2. The molecular weight excluding hydrogens is 262 g/mol. The van der Waals surface area contributed by atoms with Crippen LogP contribution in [0.3, 0.4) is 0 Å². The smallest absolute Gasteiger partial charge is 0.374 e. The van der Waals surface area contributed by atoms with Gasteiger partial charge in [0.15, 0.2) is 0 Å². The highest BCUT2D eigenvalue weighted by Crippen LogP contribution is 2.11. The summed E-state index contributed by atoms with van der Waals surface area (Å²) in [5, 5.41) is 2.68. The highest BCUT2D eigenvalue weighted by atomic mass is 16.5. The molecule has 0 fully saturated rings. The van der Waals surface area contributed by atoms with Gasteiger partial charge in [-0.1, -0.05) is 0 Å². The van der Waals surface area contributed by atoms with Crippen molar-refractivity contribution in [1.82, 2.24) is 5.32 Å². The molecule has 0 bridgehead atoms. The SMILES string of the molecule is CCOC(=O)c1ccc(CNC(=O)c2ccoc2C)o1. The van der Waals surface area contributed by atoms with Gasteiger partial charge < -0.3 is 18.9 Å². The van der Waals surface area contributed by atoms with E-state index in [0.29, 0.717) is 17.1 Å². The van der Waals surface area contributed by atoms with E-state index in [2.05, 4.69) is 5.32 Å². The molecule has 106 valence electrons. The topological polar surface area (TPSA) is 81.7 Å². The monoisotopic (exact) mass is 277 g/mol. The van der Waals surface area contributed by atoms with Crippen LogP contribution in [0.4, 0.5) is 0 Å². The van der Waals surface area contributed by atoms with E-state index in [1.807, 2.05) is 0 Å². The molecule has 6 nitrogen and oxygen atoms in total. The van der Waals surface area contributed by atoms with Crippen molar-refractivity contribution >= 4 is 11.9 Å². The number of amides is 1. The van der Waals surface area contributed by atoms with E-state index in [-0.39, 0.29) is 24.8 Å². The second-order valence-electron chi connectivity index (χ2n) is 4.06. The van der Waals surface area contributed by atoms with Gasteiger partial charge in [0, 0.05) is 0 Å². The van der Waals surface area contributed by atoms with Gasteiger partial charge in [-0.05, 0) is 32.0 Å². The van der Waals surface area contributed by atoms with Crippen molar-refractivity contribution in [3.05, 3.63) is 47.3 Å². The lowest BCUT2D eigenvalue weighted by Gasteiger charge is -2.02. The van der Waals surface area contributed by atoms with Gasteiger partial charge in [0.2, 0.25) is 5.76 Å². The Labute approximate surface area is 115 Å². The molecule has 0 aliphatic rings. The molecule has 0 radical (unpaired) electrons. The van der Waals surface area contributed by atoms with Crippen molar-refractivity contribution in [3.8, 4) is 0 Å². The summed E-state index contributed by atoms with van der Waals surface area (Å²) in [6, 6.07) is 4.73. The van der Waals surface area contributed by atoms with Crippen molar-refractivity contribution in [2.75, 3.05) is 6.61 Å². The second kappa shape index (κ2) is 6.10. The number of carbonyl (C=O) groups excluding carboxylic acids is 2. The maximum absolute atomic E-state index is 11.8. The van der Waals surface area contributed by atoms with E-state index in [9.17, 15) is 9.59 Å². The summed E-state index contributed by atoms with van der Waals surface area (Å²) < 4.78 is 15.1. The molecule has 0 aromatic carbocycles. The fourth-order valence-corrected chi connectivity index (χ4v) is 1.67. The van der Waals surface area contributed by atoms with Crippen LogP contribution >= 0.6 is 0 Å². The Balaban J connectivity index is 1.93. The standard InChI is InChI=1S/C14H15NO5/c1-3-18-14(17)12-5-4-10(20-12)8-15-13(16)11-6-7-19-9(11)2/h4-7H,3,8H2,1-2H3,(H,15,16). The zero-order chi connectivity index (χ0) is 14.5. The van der Waals surface area contributed by atoms with E-state index in [4.69, 9.17) is 13.6 Å². The molecule has 0 atom stereocenters. The van der Waals surface area contributed by atoms with Crippen LogP contribution in [0, 0.1) is 6.92 Å². The molecule has 6 heteroatoms. The quantitative estimate of drug-likeness (QED) is 0.848. The highest BCUT2D eigenvalue weighted by molar-refractivity contribution is 5.95. The maximum atomic E-state index is 11.8. The molecule has 0 unspecified atom stereocenters. The van der Waals surface area contributed by atoms with Crippen LogP contribution < -0.4 is 5.32 Å². The van der Waals surface area contributed by atoms with Crippen LogP contribution in [0.5, 0.6) is 0 Å². The number of hydrogen-bond donors (Lipinski definition) is 1. The van der Waals surface area contributed by atoms with Crippen molar-refractivity contribution in [3.63, 3.8) is 0 Å². The zero-order valence-electron chi connectivity index (χ0n) is 11.3. The van der Waals surface area contributed by atoms with Gasteiger partial charge in [0.25, 0.3) is 5.91 Å². The fraction of sp³-hybridized carbons (Fsp3) is 0.286. The van der Waals surface area contributed by atoms with Gasteiger partial charge in [-0.25, -0.2) is 4.79 Å². The molecule has 2 aromatic heterocycles. The van der Waals surface area contributed by atoms with Crippen molar-refractivity contribution in [2.24, 2.45) is 0 Å². The summed E-state index contributed by atoms with van der Waals surface area (Å²) in [5.74, 6) is 0.369. The van der Waals surface area contributed by atoms with Crippen LogP contribution in [-0.4, -0.2) is 18.5 Å². The van der Waals surface area contributed by atoms with Gasteiger partial charge in [0.1, 0.15) is 11.5 Å². The van der Waals surface area contributed by atoms with Crippen molar-refractivity contribution in [1.29, 1.82) is 0 Å². The Bertz CT molecular complexity index is 611. The Morgan fingerprint density at radius 3 is 2.75 bits per heavy atom. The van der Waals surface area contributed by atoms with Gasteiger partial charge in [-0.15, -0.1) is 0 Å². The average molecular weight is 277 g/mol. The maximum Gasteiger partial charge on any atom is 0.374 e. The van der Waals surface area contributed by atoms with Gasteiger partial charge in [0.05, 0.1) is 25.0 Å². The Kier molecular flexibility index (Phi) is 4.24. The minimum Gasteiger partial charge on any atom is -0.469 e. The van der Waals surface area contributed by atoms with Crippen LogP contribution in [0.25, 0.3) is 0 Å². The number of carbonyl (C=O) groups is 2. The summed E-state index contributed by atoms with van der Waals surface area (Å²) in [6.07, 6.45) is 1.45. The minimum atomic E-state index is -0.518. The van der Waals surface area contributed by atoms with Crippen molar-refractivity contribution in [2.45, 2.75) is 20.4 Å². The molecule has 1 amide bonds. The van der Waals surface area contributed by atoms with Gasteiger partial charge >= 0.3 is 5.97 Å². The number of furan rings is 2. The largest absolute Gasteiger partial charge is 0.469 e. The summed E-state index contributed by atoms with van der Waals surface area (Å²) in [7, 11) is 0. The first-order valence-corrected chi connectivity index (χ1v) is 6.20. The van der Waals surface area contributed by atoms with Crippen LogP contribution in [-0.2, 0) is 11.3 Å². The summed E-state index contributed by atoms with van der Waals surface area (Å²) in [5.41, 5.74) is 0.474. The Morgan fingerprint density at radius 1 is 1.30 bits per heavy atom. The molecule has 0 spiro atoms. The third-order valence-electron chi connectivity index (χ3n) is 2.66. The molecule has 0 aliphatic heterocycles. The van der Waals surface area contributed by atoms with E-state index in [1.165, 1.54) is 12.3 Å². The number of nitrogens with one attached hydrogen (secondary N) is 1. The van der Waals surface area contributed by atoms with E-state index in [1.54, 1.807) is 26.0 Å². The molecule has 0 saturated carbocycles. The van der Waals surface area contributed by atoms with E-state index >= 15 is 0 Å². The molecule has 2 rings (SSSR count). The van der Waals surface area contributed by atoms with E-state index < -0.39 is 5.97 Å². The minimum absolute atomic E-state index is 0.121. The van der Waals surface area contributed by atoms with Crippen molar-refractivity contribution < 1.29 is 23.2 Å². The summed E-state index contributed by atoms with van der Waals surface area (Å²) in [6.45, 7) is 3.89. The number of hydrogen-bond acceptors (Lipinski definition) is 5. The first-order chi connectivity index (χ1) is 9.61. The van der Waals surface area contributed by atoms with E-state index in [0.717, 1.165) is 0 Å². The van der Waals surface area contributed by atoms with Crippen LogP contribution in [0.15, 0.2) is 33.3 Å². The summed E-state index contributed by atoms with van der Waals surface area (Å²) in [4.78, 5) is 23.3. The number of ether oxygens (including phenoxy) is 1. The lowest BCUT2D eigenvalue weighted by molar-refractivity contribution is 0.0488. The molecule has 20 heavy (non-hydrogen) atoms. The van der Waals surface area contributed by atoms with Crippen LogP contribution in [0.1, 0.15) is 39.4 Å². The lowest BCUT2D eigenvalue weighted by Crippen LogP contribution is -2.22. The molecule has 2 heterocycles. The third-order valence-corrected chi connectivity index (χ3v) is 2.66. The second-order valence-corrected chi connectivity index (χ2v) is 4.06. The molecule has 2 aromatic rings. The molecule has 0 aliphatic carbocycles. The molecular formula is C14H15NO5. The Hall–Kier alpha value is -2.50. The van der Waals surface area contributed by atoms with Gasteiger partial charge in [-0.3, -0.25) is 4.79 Å². The first kappa shape index (κ1) is 13.9. The van der Waals surface area contributed by atoms with Crippen LogP contribution in [0.2, 0.25) is 0 Å². The first-order valence-electron chi connectivity index (χ1n) is 6.20. The number of aryl methyl sites for hydroxylation is 1. The predicted octanol–water partition coefficient (Wildman–Crippen LogP) is 2.29. The number of esters is 1. The highest BCUT2D eigenvalue weighted by Gasteiger charge is 2.14. The Morgan fingerprint density at radius 2 is 2.10 bits per heavy atom. The summed E-state index contributed by atoms with van der Waals surface area (Å²) >= 11 is 0.